The summed E-state index contributed by atoms with van der Waals surface area (Å²) < 4.78 is 3.61. The van der Waals surface area contributed by atoms with E-state index in [4.69, 9.17) is 11.6 Å². The van der Waals surface area contributed by atoms with Crippen LogP contribution in [0.4, 0.5) is 0 Å². The number of hydrogen-bond donors (Lipinski definition) is 1. The Balaban J connectivity index is 1.28. The Kier molecular flexibility index (Phi) is 4.78. The molecule has 5 aromatic rings. The second-order valence-corrected chi connectivity index (χ2v) is 7.87. The van der Waals surface area contributed by atoms with Crippen molar-refractivity contribution in [3.8, 4) is 16.3 Å². The van der Waals surface area contributed by atoms with Crippen LogP contribution in [0.5, 0.6) is 0 Å². The number of carbonyl (C=O) groups is 1. The van der Waals surface area contributed by atoms with Gasteiger partial charge in [0, 0.05) is 29.5 Å². The maximum atomic E-state index is 12.5. The Morgan fingerprint density at radius 2 is 1.93 bits per heavy atom. The fourth-order valence-corrected chi connectivity index (χ4v) is 3.97. The van der Waals surface area contributed by atoms with Crippen molar-refractivity contribution in [2.75, 3.05) is 0 Å². The quantitative estimate of drug-likeness (QED) is 0.449. The second kappa shape index (κ2) is 7.74. The van der Waals surface area contributed by atoms with Gasteiger partial charge in [-0.2, -0.15) is 5.10 Å². The smallest absolute Gasteiger partial charge is 0.271 e. The molecule has 0 fully saturated rings. The summed E-state index contributed by atoms with van der Waals surface area (Å²) in [5, 5.41) is 10.4. The summed E-state index contributed by atoms with van der Waals surface area (Å²) in [5.41, 5.74) is 3.71. The van der Waals surface area contributed by atoms with Gasteiger partial charge < -0.3 is 9.72 Å². The van der Waals surface area contributed by atoms with Crippen LogP contribution in [-0.2, 0) is 6.54 Å². The minimum absolute atomic E-state index is 0.247. The topological polar surface area (TPSA) is 77.1 Å². The van der Waals surface area contributed by atoms with Crippen molar-refractivity contribution in [1.82, 2.24) is 29.5 Å². The van der Waals surface area contributed by atoms with Gasteiger partial charge in [0.1, 0.15) is 16.3 Å². The first kappa shape index (κ1) is 18.5. The highest BCUT2D eigenvalue weighted by Crippen LogP contribution is 2.24. The molecule has 0 aliphatic heterocycles. The summed E-state index contributed by atoms with van der Waals surface area (Å²) in [6.45, 7) is 0.303. The molecule has 0 atom stereocenters. The summed E-state index contributed by atoms with van der Waals surface area (Å²) in [5.74, 6) is -0.247. The first-order valence-electron chi connectivity index (χ1n) is 9.13. The molecule has 1 amide bonds. The molecule has 0 saturated carbocycles. The number of carbonyl (C=O) groups excluding carboxylic acids is 1. The Morgan fingerprint density at radius 1 is 1.07 bits per heavy atom. The molecule has 30 heavy (non-hydrogen) atoms. The van der Waals surface area contributed by atoms with Crippen molar-refractivity contribution < 1.29 is 4.79 Å². The third kappa shape index (κ3) is 3.70. The average molecular weight is 435 g/mol. The molecule has 1 aromatic carbocycles. The first-order valence-corrected chi connectivity index (χ1v) is 10.4. The van der Waals surface area contributed by atoms with Crippen molar-refractivity contribution in [1.29, 1.82) is 0 Å². The number of nitrogens with zero attached hydrogens (tertiary/aromatic N) is 5. The van der Waals surface area contributed by atoms with Gasteiger partial charge in [-0.25, -0.2) is 14.6 Å². The van der Waals surface area contributed by atoms with E-state index in [1.807, 2.05) is 53.2 Å². The van der Waals surface area contributed by atoms with Gasteiger partial charge in [0.05, 0.1) is 29.1 Å². The highest BCUT2D eigenvalue weighted by atomic mass is 35.5. The lowest BCUT2D eigenvalue weighted by atomic mass is 10.3. The number of pyridine rings is 1. The number of amides is 1. The van der Waals surface area contributed by atoms with Gasteiger partial charge in [-0.3, -0.25) is 4.79 Å². The maximum Gasteiger partial charge on any atom is 0.271 e. The van der Waals surface area contributed by atoms with Gasteiger partial charge in [-0.1, -0.05) is 29.8 Å². The predicted octanol–water partition coefficient (Wildman–Crippen LogP) is 4.23. The number of rotatable bonds is 5. The molecule has 0 spiro atoms. The Labute approximate surface area is 180 Å². The largest absolute Gasteiger partial charge is 0.345 e. The first-order chi connectivity index (χ1) is 14.7. The van der Waals surface area contributed by atoms with E-state index in [2.05, 4.69) is 20.4 Å². The van der Waals surface area contributed by atoms with E-state index in [0.29, 0.717) is 17.3 Å². The summed E-state index contributed by atoms with van der Waals surface area (Å²) in [6, 6.07) is 13.4. The minimum atomic E-state index is -0.247. The molecule has 4 aromatic heterocycles. The van der Waals surface area contributed by atoms with E-state index in [1.54, 1.807) is 28.5 Å². The van der Waals surface area contributed by atoms with E-state index >= 15 is 0 Å². The summed E-state index contributed by atoms with van der Waals surface area (Å²) in [6.07, 6.45) is 7.26. The Bertz CT molecular complexity index is 1340. The number of fused-ring (bicyclic) bond motifs is 1. The van der Waals surface area contributed by atoms with Crippen LogP contribution in [0.1, 0.15) is 16.2 Å². The van der Waals surface area contributed by atoms with Crippen LogP contribution in [0, 0.1) is 0 Å². The third-order valence-corrected chi connectivity index (χ3v) is 5.60. The molecule has 1 N–H and O–H groups in total. The van der Waals surface area contributed by atoms with E-state index in [9.17, 15) is 4.79 Å². The molecule has 0 radical (unpaired) electrons. The van der Waals surface area contributed by atoms with Crippen molar-refractivity contribution >= 4 is 34.5 Å². The average Bonchev–Trinajstić information content (AvgIpc) is 3.51. The summed E-state index contributed by atoms with van der Waals surface area (Å²) in [7, 11) is 0. The number of thiazole rings is 1. The zero-order valence-corrected chi connectivity index (χ0v) is 17.1. The monoisotopic (exact) mass is 434 g/mol. The molecule has 0 bridgehead atoms. The molecule has 9 heteroatoms. The fraction of sp³-hybridized carbons (Fsp3) is 0.0476. The molecular formula is C21H15ClN6OS. The molecule has 0 aliphatic rings. The van der Waals surface area contributed by atoms with E-state index in [0.717, 1.165) is 27.6 Å². The van der Waals surface area contributed by atoms with E-state index in [-0.39, 0.29) is 5.91 Å². The van der Waals surface area contributed by atoms with Crippen LogP contribution >= 0.6 is 22.9 Å². The second-order valence-electron chi connectivity index (χ2n) is 6.57. The van der Waals surface area contributed by atoms with E-state index in [1.165, 1.54) is 11.3 Å². The highest BCUT2D eigenvalue weighted by Gasteiger charge is 2.14. The number of halogens is 1. The molecule has 0 saturated heterocycles. The molecular weight excluding hydrogens is 420 g/mol. The van der Waals surface area contributed by atoms with Crippen LogP contribution in [0.25, 0.3) is 21.9 Å². The minimum Gasteiger partial charge on any atom is -0.345 e. The number of aromatic nitrogens is 5. The molecule has 4 heterocycles. The van der Waals surface area contributed by atoms with Gasteiger partial charge in [0.2, 0.25) is 0 Å². The van der Waals surface area contributed by atoms with E-state index < -0.39 is 0 Å². The maximum absolute atomic E-state index is 12.5. The highest BCUT2D eigenvalue weighted by molar-refractivity contribution is 7.13. The van der Waals surface area contributed by atoms with Gasteiger partial charge >= 0.3 is 0 Å². The molecule has 7 nitrogen and oxygen atoms in total. The van der Waals surface area contributed by atoms with Crippen molar-refractivity contribution in [2.24, 2.45) is 0 Å². The van der Waals surface area contributed by atoms with Gasteiger partial charge in [0.25, 0.3) is 5.91 Å². The normalized spacial score (nSPS) is 11.1. The van der Waals surface area contributed by atoms with Crippen molar-refractivity contribution in [3.05, 3.63) is 89.0 Å². The number of hydrogen-bond acceptors (Lipinski definition) is 5. The Hall–Kier alpha value is -3.49. The number of imidazole rings is 1. The van der Waals surface area contributed by atoms with Crippen LogP contribution in [0.2, 0.25) is 5.02 Å². The molecule has 0 unspecified atom stereocenters. The standard InChI is InChI=1S/C21H15ClN6OS/c22-15-6-7-19-25-16(12-27(19)11-15)9-23-20(29)18-13-30-21(26-18)14-8-24-28(10-14)17-4-2-1-3-5-17/h1-8,10-13H,9H2,(H,23,29). The van der Waals surface area contributed by atoms with Crippen LogP contribution in [0.15, 0.2) is 72.6 Å². The number of benzene rings is 1. The third-order valence-electron chi connectivity index (χ3n) is 4.48. The summed E-state index contributed by atoms with van der Waals surface area (Å²) in [4.78, 5) is 21.4. The summed E-state index contributed by atoms with van der Waals surface area (Å²) >= 11 is 7.40. The number of para-hydroxylation sites is 1. The zero-order chi connectivity index (χ0) is 20.5. The SMILES string of the molecule is O=C(NCc1cn2cc(Cl)ccc2n1)c1csc(-c2cnn(-c3ccccc3)c2)n1. The lowest BCUT2D eigenvalue weighted by Gasteiger charge is -1.99. The fourth-order valence-electron chi connectivity index (χ4n) is 3.03. The molecule has 148 valence electrons. The van der Waals surface area contributed by atoms with Crippen molar-refractivity contribution in [3.63, 3.8) is 0 Å². The van der Waals surface area contributed by atoms with Crippen LogP contribution in [0.3, 0.4) is 0 Å². The lowest BCUT2D eigenvalue weighted by molar-refractivity contribution is 0.0946. The van der Waals surface area contributed by atoms with Gasteiger partial charge in [-0.05, 0) is 24.3 Å². The number of nitrogens with one attached hydrogen (secondary N) is 1. The van der Waals surface area contributed by atoms with Gasteiger partial charge in [0.15, 0.2) is 0 Å². The predicted molar refractivity (Wildman–Crippen MR) is 116 cm³/mol. The van der Waals surface area contributed by atoms with Crippen LogP contribution < -0.4 is 5.32 Å². The van der Waals surface area contributed by atoms with Crippen molar-refractivity contribution in [2.45, 2.75) is 6.54 Å². The zero-order valence-electron chi connectivity index (χ0n) is 15.6. The van der Waals surface area contributed by atoms with Gasteiger partial charge in [-0.15, -0.1) is 11.3 Å². The lowest BCUT2D eigenvalue weighted by Crippen LogP contribution is -2.23. The molecule has 5 rings (SSSR count). The van der Waals surface area contributed by atoms with Crippen LogP contribution in [-0.4, -0.2) is 30.1 Å². The molecule has 0 aliphatic carbocycles. The Morgan fingerprint density at radius 3 is 2.80 bits per heavy atom.